The lowest BCUT2D eigenvalue weighted by Crippen LogP contribution is -2.45. The Bertz CT molecular complexity index is 924. The molecule has 2 bridgehead atoms. The van der Waals surface area contributed by atoms with Gasteiger partial charge in [0, 0.05) is 6.04 Å². The highest BCUT2D eigenvalue weighted by molar-refractivity contribution is 5.99. The predicted octanol–water partition coefficient (Wildman–Crippen LogP) is 4.33. The molecule has 0 radical (unpaired) electrons. The molecule has 0 unspecified atom stereocenters. The normalized spacial score (nSPS) is 24.9. The van der Waals surface area contributed by atoms with E-state index in [2.05, 4.69) is 12.2 Å². The molecule has 0 heterocycles. The van der Waals surface area contributed by atoms with Crippen molar-refractivity contribution < 1.29 is 19.1 Å². The number of rotatable bonds is 6. The van der Waals surface area contributed by atoms with E-state index in [-0.39, 0.29) is 11.9 Å². The van der Waals surface area contributed by atoms with Crippen molar-refractivity contribution in [2.45, 2.75) is 51.7 Å². The van der Waals surface area contributed by atoms with E-state index in [1.807, 2.05) is 30.3 Å². The van der Waals surface area contributed by atoms with Gasteiger partial charge in [-0.15, -0.1) is 0 Å². The van der Waals surface area contributed by atoms with Gasteiger partial charge >= 0.3 is 5.97 Å². The molecule has 2 aromatic rings. The molecular formula is C24H29NO4. The Balaban J connectivity index is 1.41. The topological polar surface area (TPSA) is 64.6 Å². The van der Waals surface area contributed by atoms with E-state index in [9.17, 15) is 9.59 Å². The van der Waals surface area contributed by atoms with E-state index in [4.69, 9.17) is 9.47 Å². The Morgan fingerprint density at radius 1 is 1.07 bits per heavy atom. The van der Waals surface area contributed by atoms with Gasteiger partial charge in [0.05, 0.1) is 7.11 Å². The molecule has 2 saturated carbocycles. The minimum atomic E-state index is -0.861. The largest absolute Gasteiger partial charge is 0.496 e. The number of carbonyl (C=O) groups is 2. The molecule has 2 aromatic carbocycles. The zero-order valence-corrected chi connectivity index (χ0v) is 17.3. The van der Waals surface area contributed by atoms with Crippen molar-refractivity contribution in [2.75, 3.05) is 7.11 Å². The zero-order valence-electron chi connectivity index (χ0n) is 17.3. The smallest absolute Gasteiger partial charge is 0.342 e. The number of fused-ring (bicyclic) bond motifs is 3. The highest BCUT2D eigenvalue weighted by atomic mass is 16.5. The van der Waals surface area contributed by atoms with Crippen molar-refractivity contribution in [3.05, 3.63) is 42.0 Å². The van der Waals surface area contributed by atoms with Gasteiger partial charge in [-0.1, -0.05) is 30.7 Å². The maximum absolute atomic E-state index is 12.7. The molecule has 1 N–H and O–H groups in total. The SMILES string of the molecule is COc1cc2ccccc2cc1C(=O)O[C@H](C)C(=O)N[C@H](C)[C@H]1C[C@H]2CC[C@H]1C2. The summed E-state index contributed by atoms with van der Waals surface area (Å²) in [6.07, 6.45) is 4.26. The molecule has 2 aliphatic carbocycles. The van der Waals surface area contributed by atoms with Gasteiger partial charge in [0.15, 0.2) is 6.10 Å². The molecule has 1 amide bonds. The number of methoxy groups -OCH3 is 1. The summed E-state index contributed by atoms with van der Waals surface area (Å²) >= 11 is 0. The first-order valence-electron chi connectivity index (χ1n) is 10.5. The summed E-state index contributed by atoms with van der Waals surface area (Å²) in [7, 11) is 1.52. The number of hydrogen-bond donors (Lipinski definition) is 1. The van der Waals surface area contributed by atoms with Crippen LogP contribution < -0.4 is 10.1 Å². The summed E-state index contributed by atoms with van der Waals surface area (Å²) in [4.78, 5) is 25.4. The van der Waals surface area contributed by atoms with E-state index >= 15 is 0 Å². The van der Waals surface area contributed by atoms with Crippen molar-refractivity contribution in [1.29, 1.82) is 0 Å². The molecule has 0 saturated heterocycles. The molecule has 0 spiro atoms. The minimum absolute atomic E-state index is 0.106. The highest BCUT2D eigenvalue weighted by Gasteiger charge is 2.42. The van der Waals surface area contributed by atoms with Crippen molar-refractivity contribution in [3.63, 3.8) is 0 Å². The van der Waals surface area contributed by atoms with Gasteiger partial charge < -0.3 is 14.8 Å². The van der Waals surface area contributed by atoms with Crippen LogP contribution in [0.25, 0.3) is 10.8 Å². The van der Waals surface area contributed by atoms with Crippen LogP contribution in [0.5, 0.6) is 5.75 Å². The third-order valence-corrected chi connectivity index (χ3v) is 6.75. The predicted molar refractivity (Wildman–Crippen MR) is 112 cm³/mol. The lowest BCUT2D eigenvalue weighted by atomic mass is 9.84. The first-order valence-corrected chi connectivity index (χ1v) is 10.5. The molecule has 5 atom stereocenters. The van der Waals surface area contributed by atoms with Gasteiger partial charge in [-0.25, -0.2) is 4.79 Å². The molecule has 2 aliphatic rings. The van der Waals surface area contributed by atoms with Crippen LogP contribution in [0, 0.1) is 17.8 Å². The number of ether oxygens (including phenoxy) is 2. The molecular weight excluding hydrogens is 366 g/mol. The van der Waals surface area contributed by atoms with Crippen molar-refractivity contribution in [3.8, 4) is 5.75 Å². The quantitative estimate of drug-likeness (QED) is 0.739. The van der Waals surface area contributed by atoms with Gasteiger partial charge in [-0.3, -0.25) is 4.79 Å². The first kappa shape index (κ1) is 19.7. The molecule has 0 aliphatic heterocycles. The molecule has 5 heteroatoms. The molecule has 4 rings (SSSR count). The van der Waals surface area contributed by atoms with Gasteiger partial charge in [0.2, 0.25) is 0 Å². The van der Waals surface area contributed by atoms with Gasteiger partial charge in [0.25, 0.3) is 5.91 Å². The van der Waals surface area contributed by atoms with Crippen LogP contribution in [-0.2, 0) is 9.53 Å². The average Bonchev–Trinajstić information content (AvgIpc) is 3.36. The summed E-state index contributed by atoms with van der Waals surface area (Å²) in [6, 6.07) is 11.4. The molecule has 154 valence electrons. The third-order valence-electron chi connectivity index (χ3n) is 6.75. The van der Waals surface area contributed by atoms with Crippen LogP contribution in [0.2, 0.25) is 0 Å². The summed E-state index contributed by atoms with van der Waals surface area (Å²) in [5.41, 5.74) is 0.326. The fourth-order valence-electron chi connectivity index (χ4n) is 5.18. The maximum atomic E-state index is 12.7. The molecule has 0 aromatic heterocycles. The second kappa shape index (κ2) is 8.05. The Kier molecular flexibility index (Phi) is 5.48. The van der Waals surface area contributed by atoms with Crippen LogP contribution in [0.4, 0.5) is 0 Å². The summed E-state index contributed by atoms with van der Waals surface area (Å²) in [6.45, 7) is 3.69. The fourth-order valence-corrected chi connectivity index (χ4v) is 5.18. The second-order valence-corrected chi connectivity index (χ2v) is 8.58. The zero-order chi connectivity index (χ0) is 20.5. The van der Waals surface area contributed by atoms with E-state index in [1.54, 1.807) is 13.0 Å². The van der Waals surface area contributed by atoms with Gasteiger partial charge in [0.1, 0.15) is 11.3 Å². The number of amides is 1. The average molecular weight is 395 g/mol. The van der Waals surface area contributed by atoms with Crippen LogP contribution >= 0.6 is 0 Å². The van der Waals surface area contributed by atoms with E-state index in [0.717, 1.165) is 22.6 Å². The standard InChI is InChI=1S/C24H29NO4/c1-14(20-11-16-8-9-19(20)10-16)25-23(26)15(2)29-24(27)21-12-17-6-4-5-7-18(17)13-22(21)28-3/h4-7,12-16,19-20H,8-11H2,1-3H3,(H,25,26)/t14-,15-,16+,19+,20-/m1/s1. The lowest BCUT2D eigenvalue weighted by molar-refractivity contribution is -0.130. The summed E-state index contributed by atoms with van der Waals surface area (Å²) in [5, 5.41) is 4.97. The number of hydrogen-bond acceptors (Lipinski definition) is 4. The Hall–Kier alpha value is -2.56. The minimum Gasteiger partial charge on any atom is -0.496 e. The Labute approximate surface area is 171 Å². The highest BCUT2D eigenvalue weighted by Crippen LogP contribution is 2.49. The van der Waals surface area contributed by atoms with Crippen molar-refractivity contribution in [2.24, 2.45) is 17.8 Å². The Morgan fingerprint density at radius 2 is 1.79 bits per heavy atom. The third kappa shape index (κ3) is 3.96. The van der Waals surface area contributed by atoms with E-state index in [1.165, 1.54) is 32.8 Å². The van der Waals surface area contributed by atoms with E-state index < -0.39 is 12.1 Å². The maximum Gasteiger partial charge on any atom is 0.342 e. The second-order valence-electron chi connectivity index (χ2n) is 8.58. The molecule has 5 nitrogen and oxygen atoms in total. The van der Waals surface area contributed by atoms with Crippen LogP contribution in [0.1, 0.15) is 49.9 Å². The van der Waals surface area contributed by atoms with E-state index in [0.29, 0.717) is 17.2 Å². The molecule has 2 fully saturated rings. The Morgan fingerprint density at radius 3 is 2.41 bits per heavy atom. The lowest BCUT2D eigenvalue weighted by Gasteiger charge is -2.29. The summed E-state index contributed by atoms with van der Waals surface area (Å²) < 4.78 is 10.9. The van der Waals surface area contributed by atoms with Crippen LogP contribution in [-0.4, -0.2) is 31.1 Å². The van der Waals surface area contributed by atoms with Crippen molar-refractivity contribution in [1.82, 2.24) is 5.32 Å². The number of esters is 1. The van der Waals surface area contributed by atoms with Gasteiger partial charge in [-0.05, 0) is 73.8 Å². The van der Waals surface area contributed by atoms with Crippen LogP contribution in [0.15, 0.2) is 36.4 Å². The number of nitrogens with one attached hydrogen (secondary N) is 1. The molecule has 29 heavy (non-hydrogen) atoms. The monoisotopic (exact) mass is 395 g/mol. The fraction of sp³-hybridized carbons (Fsp3) is 0.500. The van der Waals surface area contributed by atoms with Crippen LogP contribution in [0.3, 0.4) is 0 Å². The number of carbonyl (C=O) groups excluding carboxylic acids is 2. The first-order chi connectivity index (χ1) is 14.0. The summed E-state index contributed by atoms with van der Waals surface area (Å²) in [5.74, 6) is 1.75. The van der Waals surface area contributed by atoms with Gasteiger partial charge in [-0.2, -0.15) is 0 Å². The van der Waals surface area contributed by atoms with Crippen molar-refractivity contribution >= 4 is 22.6 Å². The number of benzene rings is 2.